The Hall–Kier alpha value is -2.78. The number of halogens is 1. The van der Waals surface area contributed by atoms with Crippen molar-refractivity contribution < 1.29 is 4.39 Å². The average Bonchev–Trinajstić information content (AvgIpc) is 2.81. The molecule has 0 saturated carbocycles. The van der Waals surface area contributed by atoms with E-state index in [4.69, 9.17) is 4.99 Å². The van der Waals surface area contributed by atoms with E-state index in [1.807, 2.05) is 12.3 Å². The molecular formula is C27H27FN2. The van der Waals surface area contributed by atoms with Crippen LogP contribution in [0.15, 0.2) is 89.9 Å². The molecule has 2 atom stereocenters. The van der Waals surface area contributed by atoms with E-state index in [2.05, 4.69) is 65.6 Å². The van der Waals surface area contributed by atoms with Gasteiger partial charge in [-0.25, -0.2) is 4.39 Å². The quantitative estimate of drug-likeness (QED) is 0.515. The molecule has 152 valence electrons. The first-order valence-electron chi connectivity index (χ1n) is 10.9. The number of nitrogens with zero attached hydrogens (tertiary/aromatic N) is 2. The number of fused-ring (bicyclic) bond motifs is 3. The molecule has 3 aliphatic rings. The summed E-state index contributed by atoms with van der Waals surface area (Å²) in [5, 5.41) is 0. The molecule has 2 nitrogen and oxygen atoms in total. The van der Waals surface area contributed by atoms with Crippen LogP contribution in [-0.4, -0.2) is 36.3 Å². The fourth-order valence-electron chi connectivity index (χ4n) is 5.34. The maximum Gasteiger partial charge on any atom is 0.123 e. The van der Waals surface area contributed by atoms with E-state index in [0.29, 0.717) is 12.0 Å². The van der Waals surface area contributed by atoms with Gasteiger partial charge in [-0.2, -0.15) is 0 Å². The molecule has 3 heteroatoms. The van der Waals surface area contributed by atoms with E-state index >= 15 is 0 Å². The zero-order chi connectivity index (χ0) is 20.3. The summed E-state index contributed by atoms with van der Waals surface area (Å²) < 4.78 is 13.7. The summed E-state index contributed by atoms with van der Waals surface area (Å²) in [4.78, 5) is 7.73. The topological polar surface area (TPSA) is 15.6 Å². The van der Waals surface area contributed by atoms with Crippen LogP contribution in [0.3, 0.4) is 0 Å². The number of benzene rings is 3. The minimum atomic E-state index is -0.212. The molecule has 3 aliphatic heterocycles. The van der Waals surface area contributed by atoms with Gasteiger partial charge in [-0.1, -0.05) is 72.8 Å². The summed E-state index contributed by atoms with van der Waals surface area (Å²) in [5.74, 6) is 0.640. The van der Waals surface area contributed by atoms with E-state index in [0.717, 1.165) is 18.7 Å². The number of hydrogen-bond acceptors (Lipinski definition) is 2. The number of aliphatic imine (C=N–C) groups is 1. The zero-order valence-electron chi connectivity index (χ0n) is 17.1. The first-order valence-corrected chi connectivity index (χ1v) is 10.9. The molecule has 3 aromatic rings. The van der Waals surface area contributed by atoms with E-state index < -0.39 is 0 Å². The Bertz CT molecular complexity index is 954. The van der Waals surface area contributed by atoms with Gasteiger partial charge >= 0.3 is 0 Å². The van der Waals surface area contributed by atoms with E-state index in [9.17, 15) is 4.39 Å². The largest absolute Gasteiger partial charge is 0.297 e. The predicted octanol–water partition coefficient (Wildman–Crippen LogP) is 5.54. The second kappa shape index (κ2) is 8.53. The minimum Gasteiger partial charge on any atom is -0.297 e. The molecule has 0 unspecified atom stereocenters. The van der Waals surface area contributed by atoms with Gasteiger partial charge in [-0.3, -0.25) is 9.89 Å². The zero-order valence-corrected chi connectivity index (χ0v) is 17.1. The first kappa shape index (κ1) is 19.2. The van der Waals surface area contributed by atoms with Crippen molar-refractivity contribution in [3.8, 4) is 0 Å². The Morgan fingerprint density at radius 2 is 1.47 bits per heavy atom. The first-order chi connectivity index (χ1) is 14.8. The molecule has 6 rings (SSSR count). The van der Waals surface area contributed by atoms with Crippen molar-refractivity contribution in [3.05, 3.63) is 107 Å². The van der Waals surface area contributed by atoms with Crippen LogP contribution < -0.4 is 0 Å². The van der Waals surface area contributed by atoms with Crippen LogP contribution in [0.25, 0.3) is 0 Å². The fraction of sp³-hybridized carbons (Fsp3) is 0.296. The Labute approximate surface area is 178 Å². The van der Waals surface area contributed by atoms with Gasteiger partial charge in [-0.15, -0.1) is 0 Å². The van der Waals surface area contributed by atoms with Gasteiger partial charge in [0.1, 0.15) is 5.82 Å². The Morgan fingerprint density at radius 1 is 0.833 bits per heavy atom. The van der Waals surface area contributed by atoms with Crippen molar-refractivity contribution in [1.82, 2.24) is 4.90 Å². The van der Waals surface area contributed by atoms with Crippen LogP contribution in [0.4, 0.5) is 4.39 Å². The van der Waals surface area contributed by atoms with E-state index in [1.54, 1.807) is 12.1 Å². The van der Waals surface area contributed by atoms with E-state index in [-0.39, 0.29) is 17.8 Å². The minimum absolute atomic E-state index is 0.209. The molecular weight excluding hydrogens is 371 g/mol. The van der Waals surface area contributed by atoms with Gasteiger partial charge in [-0.05, 0) is 60.7 Å². The lowest BCUT2D eigenvalue weighted by atomic mass is 9.71. The van der Waals surface area contributed by atoms with Crippen LogP contribution in [0, 0.1) is 11.7 Å². The SMILES string of the molecule is Fc1cccc(C=N[C@@H]2C3CCN(CC3)[C@@H]2C(c2ccccc2)c2ccccc2)c1. The molecule has 0 spiro atoms. The lowest BCUT2D eigenvalue weighted by molar-refractivity contribution is 0.0215. The molecule has 3 fully saturated rings. The van der Waals surface area contributed by atoms with E-state index in [1.165, 1.54) is 30.0 Å². The fourth-order valence-corrected chi connectivity index (χ4v) is 5.34. The summed E-state index contributed by atoms with van der Waals surface area (Å²) in [6.45, 7) is 2.27. The van der Waals surface area contributed by atoms with Crippen LogP contribution >= 0.6 is 0 Å². The predicted molar refractivity (Wildman–Crippen MR) is 121 cm³/mol. The third-order valence-electron chi connectivity index (χ3n) is 6.73. The number of rotatable bonds is 5. The lowest BCUT2D eigenvalue weighted by Crippen LogP contribution is -2.59. The third-order valence-corrected chi connectivity index (χ3v) is 6.73. The van der Waals surface area contributed by atoms with Crippen LogP contribution in [0.2, 0.25) is 0 Å². The molecule has 30 heavy (non-hydrogen) atoms. The Morgan fingerprint density at radius 3 is 2.07 bits per heavy atom. The molecule has 0 aromatic heterocycles. The molecule has 0 aliphatic carbocycles. The van der Waals surface area contributed by atoms with Crippen molar-refractivity contribution in [1.29, 1.82) is 0 Å². The normalized spacial score (nSPS) is 25.8. The van der Waals surface area contributed by atoms with Gasteiger partial charge in [0.25, 0.3) is 0 Å². The smallest absolute Gasteiger partial charge is 0.123 e. The van der Waals surface area contributed by atoms with Gasteiger partial charge < -0.3 is 0 Å². The molecule has 2 bridgehead atoms. The highest BCUT2D eigenvalue weighted by molar-refractivity contribution is 5.79. The molecule has 0 amide bonds. The van der Waals surface area contributed by atoms with Crippen molar-refractivity contribution in [3.63, 3.8) is 0 Å². The molecule has 0 N–H and O–H groups in total. The van der Waals surface area contributed by atoms with Crippen molar-refractivity contribution in [2.75, 3.05) is 13.1 Å². The second-order valence-electron chi connectivity index (χ2n) is 8.49. The van der Waals surface area contributed by atoms with Gasteiger partial charge in [0.05, 0.1) is 6.04 Å². The third kappa shape index (κ3) is 3.82. The standard InChI is InChI=1S/C27H27FN2/c28-24-13-7-8-20(18-24)19-29-26-23-14-16-30(17-15-23)27(26)25(21-9-3-1-4-10-21)22-11-5-2-6-12-22/h1-13,18-19,23,25-27H,14-17H2/t26-,27-/m1/s1. The van der Waals surface area contributed by atoms with Gasteiger partial charge in [0.15, 0.2) is 0 Å². The van der Waals surface area contributed by atoms with Crippen molar-refractivity contribution in [2.45, 2.75) is 30.8 Å². The van der Waals surface area contributed by atoms with Crippen LogP contribution in [0.5, 0.6) is 0 Å². The van der Waals surface area contributed by atoms with Gasteiger partial charge in [0.2, 0.25) is 0 Å². The molecule has 3 heterocycles. The highest BCUT2D eigenvalue weighted by Gasteiger charge is 2.46. The maximum atomic E-state index is 13.7. The lowest BCUT2D eigenvalue weighted by Gasteiger charge is -2.52. The Balaban J connectivity index is 1.55. The monoisotopic (exact) mass is 398 g/mol. The highest BCUT2D eigenvalue weighted by Crippen LogP contribution is 2.43. The van der Waals surface area contributed by atoms with Crippen LogP contribution in [-0.2, 0) is 0 Å². The number of piperidine rings is 3. The summed E-state index contributed by atoms with van der Waals surface area (Å²) in [6.07, 6.45) is 4.27. The second-order valence-corrected chi connectivity index (χ2v) is 8.49. The molecule has 3 saturated heterocycles. The average molecular weight is 399 g/mol. The molecule has 3 aromatic carbocycles. The van der Waals surface area contributed by atoms with Crippen molar-refractivity contribution >= 4 is 6.21 Å². The number of hydrogen-bond donors (Lipinski definition) is 0. The summed E-state index contributed by atoms with van der Waals surface area (Å²) in [5.41, 5.74) is 3.51. The molecule has 0 radical (unpaired) electrons. The van der Waals surface area contributed by atoms with Gasteiger partial charge in [0, 0.05) is 18.2 Å². The Kier molecular flexibility index (Phi) is 5.46. The highest BCUT2D eigenvalue weighted by atomic mass is 19.1. The summed E-state index contributed by atoms with van der Waals surface area (Å²) >= 11 is 0. The van der Waals surface area contributed by atoms with Crippen LogP contribution in [0.1, 0.15) is 35.4 Å². The maximum absolute atomic E-state index is 13.7. The summed E-state index contributed by atoms with van der Waals surface area (Å²) in [7, 11) is 0. The summed E-state index contributed by atoms with van der Waals surface area (Å²) in [6, 6.07) is 28.9. The van der Waals surface area contributed by atoms with Crippen molar-refractivity contribution in [2.24, 2.45) is 10.9 Å².